The highest BCUT2D eigenvalue weighted by atomic mass is 35.5. The predicted molar refractivity (Wildman–Crippen MR) is 100.0 cm³/mol. The molecule has 0 saturated heterocycles. The van der Waals surface area contributed by atoms with E-state index in [1.807, 2.05) is 6.08 Å². The Morgan fingerprint density at radius 2 is 2.04 bits per heavy atom. The monoisotopic (exact) mass is 392 g/mol. The summed E-state index contributed by atoms with van der Waals surface area (Å²) in [7, 11) is -3.43. The van der Waals surface area contributed by atoms with Crippen LogP contribution in [0.3, 0.4) is 0 Å². The molecular weight excluding hydrogens is 364 g/mol. The standard InChI is InChI=1S/C18H29ClO5S/c1-4-11-23-18(20)10-8-6-5-7-9-15-16(13-24-25(3,21)22)14(2)12-17(15)19/h4-5,7,14-17H,1,6,8-13H2,2-3H3/b7-5-/t14-,15-,16+,17-/m1/s1. The lowest BCUT2D eigenvalue weighted by Crippen LogP contribution is -2.23. The van der Waals surface area contributed by atoms with E-state index in [1.165, 1.54) is 0 Å². The lowest BCUT2D eigenvalue weighted by atomic mass is 9.89. The molecule has 1 fully saturated rings. The summed E-state index contributed by atoms with van der Waals surface area (Å²) in [5, 5.41) is 0.0293. The van der Waals surface area contributed by atoms with Gasteiger partial charge in [0.1, 0.15) is 6.61 Å². The van der Waals surface area contributed by atoms with Gasteiger partial charge in [0.05, 0.1) is 12.9 Å². The third kappa shape index (κ3) is 8.88. The maximum Gasteiger partial charge on any atom is 0.306 e. The van der Waals surface area contributed by atoms with Crippen LogP contribution in [0.5, 0.6) is 0 Å². The first kappa shape index (κ1) is 22.2. The van der Waals surface area contributed by atoms with Crippen molar-refractivity contribution in [2.45, 2.75) is 44.4 Å². The summed E-state index contributed by atoms with van der Waals surface area (Å²) in [5.41, 5.74) is 0. The van der Waals surface area contributed by atoms with Gasteiger partial charge in [-0.2, -0.15) is 8.42 Å². The Kier molecular flexibility index (Phi) is 9.75. The molecule has 0 aromatic heterocycles. The number of rotatable bonds is 11. The van der Waals surface area contributed by atoms with Crippen molar-refractivity contribution in [1.29, 1.82) is 0 Å². The molecule has 144 valence electrons. The van der Waals surface area contributed by atoms with Gasteiger partial charge in [-0.25, -0.2) is 0 Å². The van der Waals surface area contributed by atoms with E-state index >= 15 is 0 Å². The van der Waals surface area contributed by atoms with Gasteiger partial charge in [0, 0.05) is 11.8 Å². The molecule has 7 heteroatoms. The molecule has 25 heavy (non-hydrogen) atoms. The molecule has 1 saturated carbocycles. The molecular formula is C18H29ClO5S. The number of alkyl halides is 1. The van der Waals surface area contributed by atoms with Crippen LogP contribution in [0.1, 0.15) is 39.0 Å². The number of unbranched alkanes of at least 4 members (excludes halogenated alkanes) is 1. The van der Waals surface area contributed by atoms with E-state index in [0.717, 1.165) is 31.9 Å². The maximum absolute atomic E-state index is 11.3. The van der Waals surface area contributed by atoms with Gasteiger partial charge in [-0.3, -0.25) is 8.98 Å². The van der Waals surface area contributed by atoms with Crippen LogP contribution in [0.4, 0.5) is 0 Å². The third-order valence-electron chi connectivity index (χ3n) is 4.51. The van der Waals surface area contributed by atoms with Gasteiger partial charge in [0.15, 0.2) is 0 Å². The van der Waals surface area contributed by atoms with Crippen molar-refractivity contribution in [1.82, 2.24) is 0 Å². The van der Waals surface area contributed by atoms with Crippen LogP contribution in [0.15, 0.2) is 24.8 Å². The van der Waals surface area contributed by atoms with Gasteiger partial charge < -0.3 is 4.74 Å². The zero-order valence-electron chi connectivity index (χ0n) is 15.0. The molecule has 1 aliphatic carbocycles. The van der Waals surface area contributed by atoms with Crippen molar-refractivity contribution < 1.29 is 22.1 Å². The fourth-order valence-corrected chi connectivity index (χ4v) is 4.14. The highest BCUT2D eigenvalue weighted by molar-refractivity contribution is 7.85. The highest BCUT2D eigenvalue weighted by Crippen LogP contribution is 2.42. The number of esters is 1. The van der Waals surface area contributed by atoms with Crippen molar-refractivity contribution in [2.75, 3.05) is 19.5 Å². The summed E-state index contributed by atoms with van der Waals surface area (Å²) < 4.78 is 32.4. The molecule has 0 aromatic rings. The number of halogens is 1. The molecule has 0 spiro atoms. The van der Waals surface area contributed by atoms with Gasteiger partial charge in [0.2, 0.25) is 0 Å². The van der Waals surface area contributed by atoms with Crippen LogP contribution in [0, 0.1) is 17.8 Å². The first-order valence-corrected chi connectivity index (χ1v) is 10.9. The van der Waals surface area contributed by atoms with Crippen molar-refractivity contribution >= 4 is 27.7 Å². The first-order chi connectivity index (χ1) is 11.7. The number of carbonyl (C=O) groups excluding carboxylic acids is 1. The summed E-state index contributed by atoms with van der Waals surface area (Å²) in [6.45, 7) is 6.03. The summed E-state index contributed by atoms with van der Waals surface area (Å²) in [5.74, 6) is 0.460. The van der Waals surface area contributed by atoms with Gasteiger partial charge in [0.25, 0.3) is 10.1 Å². The second kappa shape index (κ2) is 11.0. The predicted octanol–water partition coefficient (Wildman–Crippen LogP) is 3.69. The van der Waals surface area contributed by atoms with E-state index in [0.29, 0.717) is 12.3 Å². The molecule has 0 unspecified atom stereocenters. The second-order valence-electron chi connectivity index (χ2n) is 6.62. The summed E-state index contributed by atoms with van der Waals surface area (Å²) in [4.78, 5) is 11.3. The molecule has 0 aromatic carbocycles. The summed E-state index contributed by atoms with van der Waals surface area (Å²) >= 11 is 6.44. The van der Waals surface area contributed by atoms with Crippen LogP contribution >= 0.6 is 11.6 Å². The average Bonchev–Trinajstić information content (AvgIpc) is 2.79. The minimum absolute atomic E-state index is 0.0293. The minimum Gasteiger partial charge on any atom is -0.461 e. The zero-order chi connectivity index (χ0) is 18.9. The number of hydrogen-bond donors (Lipinski definition) is 0. The topological polar surface area (TPSA) is 69.7 Å². The number of hydrogen-bond acceptors (Lipinski definition) is 5. The number of ether oxygens (including phenoxy) is 1. The van der Waals surface area contributed by atoms with Crippen LogP contribution in [0.2, 0.25) is 0 Å². The van der Waals surface area contributed by atoms with E-state index < -0.39 is 10.1 Å². The van der Waals surface area contributed by atoms with Crippen LogP contribution in [-0.4, -0.2) is 39.2 Å². The Morgan fingerprint density at radius 1 is 1.32 bits per heavy atom. The molecule has 0 radical (unpaired) electrons. The van der Waals surface area contributed by atoms with Crippen molar-refractivity contribution in [3.63, 3.8) is 0 Å². The van der Waals surface area contributed by atoms with Crippen LogP contribution < -0.4 is 0 Å². The Balaban J connectivity index is 2.37. The Bertz CT molecular complexity index is 558. The third-order valence-corrected chi connectivity index (χ3v) is 5.57. The fraction of sp³-hybridized carbons (Fsp3) is 0.722. The van der Waals surface area contributed by atoms with Crippen molar-refractivity contribution in [3.05, 3.63) is 24.8 Å². The minimum atomic E-state index is -3.43. The van der Waals surface area contributed by atoms with Gasteiger partial charge in [-0.15, -0.1) is 11.6 Å². The van der Waals surface area contributed by atoms with Gasteiger partial charge in [-0.05, 0) is 43.4 Å². The van der Waals surface area contributed by atoms with E-state index in [-0.39, 0.29) is 36.4 Å². The van der Waals surface area contributed by atoms with Gasteiger partial charge >= 0.3 is 5.97 Å². The lowest BCUT2D eigenvalue weighted by molar-refractivity contribution is -0.142. The molecule has 0 heterocycles. The van der Waals surface area contributed by atoms with E-state index in [2.05, 4.69) is 19.6 Å². The summed E-state index contributed by atoms with van der Waals surface area (Å²) in [6, 6.07) is 0. The SMILES string of the molecule is C=CCOC(=O)CCC/C=C\C[C@@H]1[C@@H](COS(C)(=O)=O)[C@H](C)C[C@H]1Cl. The molecule has 1 aliphatic rings. The first-order valence-electron chi connectivity index (χ1n) is 8.64. The number of allylic oxidation sites excluding steroid dienone is 2. The highest BCUT2D eigenvalue weighted by Gasteiger charge is 2.39. The lowest BCUT2D eigenvalue weighted by Gasteiger charge is -2.22. The van der Waals surface area contributed by atoms with Crippen molar-refractivity contribution in [3.8, 4) is 0 Å². The molecule has 0 aliphatic heterocycles. The molecule has 0 bridgehead atoms. The normalized spacial score (nSPS) is 26.8. The smallest absolute Gasteiger partial charge is 0.306 e. The van der Waals surface area contributed by atoms with Crippen LogP contribution in [-0.2, 0) is 23.8 Å². The summed E-state index contributed by atoms with van der Waals surface area (Å²) in [6.07, 6.45) is 10.3. The molecule has 5 nitrogen and oxygen atoms in total. The molecule has 1 rings (SSSR count). The Morgan fingerprint density at radius 3 is 2.68 bits per heavy atom. The fourth-order valence-electron chi connectivity index (χ4n) is 3.17. The molecule has 0 amide bonds. The number of carbonyl (C=O) groups is 1. The van der Waals surface area contributed by atoms with Gasteiger partial charge in [-0.1, -0.05) is 31.7 Å². The average molecular weight is 393 g/mol. The zero-order valence-corrected chi connectivity index (χ0v) is 16.6. The van der Waals surface area contributed by atoms with E-state index in [1.54, 1.807) is 6.08 Å². The Labute approximate surface area is 156 Å². The van der Waals surface area contributed by atoms with E-state index in [4.69, 9.17) is 20.5 Å². The second-order valence-corrected chi connectivity index (χ2v) is 8.82. The molecule has 0 N–H and O–H groups in total. The van der Waals surface area contributed by atoms with Crippen LogP contribution in [0.25, 0.3) is 0 Å². The van der Waals surface area contributed by atoms with Crippen molar-refractivity contribution in [2.24, 2.45) is 17.8 Å². The van der Waals surface area contributed by atoms with E-state index in [9.17, 15) is 13.2 Å². The molecule has 4 atom stereocenters. The maximum atomic E-state index is 11.3. The Hall–Kier alpha value is -0.850. The quantitative estimate of drug-likeness (QED) is 0.176. The largest absolute Gasteiger partial charge is 0.461 e.